The SMILES string of the molecule is CCOc1ccccc1C(C#N)NC(C)(C)CO. The van der Waals surface area contributed by atoms with Gasteiger partial charge in [-0.15, -0.1) is 0 Å². The molecule has 0 aliphatic heterocycles. The standard InChI is InChI=1S/C14H20N2O2/c1-4-18-13-8-6-5-7-11(13)12(9-15)16-14(2,3)10-17/h5-8,12,16-17H,4,10H2,1-3H3. The van der Waals surface area contributed by atoms with Gasteiger partial charge in [-0.1, -0.05) is 18.2 Å². The summed E-state index contributed by atoms with van der Waals surface area (Å²) in [5.41, 5.74) is 0.281. The van der Waals surface area contributed by atoms with E-state index in [2.05, 4.69) is 11.4 Å². The predicted octanol–water partition coefficient (Wildman–Crippen LogP) is 2.01. The predicted molar refractivity (Wildman–Crippen MR) is 70.3 cm³/mol. The lowest BCUT2D eigenvalue weighted by atomic mass is 10.0. The lowest BCUT2D eigenvalue weighted by molar-refractivity contribution is 0.182. The first kappa shape index (κ1) is 14.5. The highest BCUT2D eigenvalue weighted by molar-refractivity contribution is 5.38. The molecular formula is C14H20N2O2. The van der Waals surface area contributed by atoms with E-state index in [0.29, 0.717) is 12.4 Å². The molecule has 98 valence electrons. The first-order chi connectivity index (χ1) is 8.54. The van der Waals surface area contributed by atoms with Crippen molar-refractivity contribution in [3.63, 3.8) is 0 Å². The maximum Gasteiger partial charge on any atom is 0.125 e. The molecule has 0 amide bonds. The minimum atomic E-state index is -0.514. The Hall–Kier alpha value is -1.57. The monoisotopic (exact) mass is 248 g/mol. The average molecular weight is 248 g/mol. The maximum atomic E-state index is 9.28. The number of aliphatic hydroxyl groups is 1. The fourth-order valence-electron chi connectivity index (χ4n) is 1.62. The molecule has 0 saturated carbocycles. The molecule has 0 aliphatic rings. The molecule has 0 aliphatic carbocycles. The zero-order valence-corrected chi connectivity index (χ0v) is 11.1. The average Bonchev–Trinajstić information content (AvgIpc) is 2.37. The van der Waals surface area contributed by atoms with Crippen LogP contribution in [0.4, 0.5) is 0 Å². The van der Waals surface area contributed by atoms with Crippen molar-refractivity contribution in [1.82, 2.24) is 5.32 Å². The van der Waals surface area contributed by atoms with Crippen molar-refractivity contribution in [2.24, 2.45) is 0 Å². The Kier molecular flexibility index (Phi) is 5.14. The summed E-state index contributed by atoms with van der Waals surface area (Å²) in [4.78, 5) is 0. The molecule has 1 rings (SSSR count). The van der Waals surface area contributed by atoms with Crippen LogP contribution in [-0.4, -0.2) is 23.9 Å². The quantitative estimate of drug-likeness (QED) is 0.808. The number of hydrogen-bond donors (Lipinski definition) is 2. The molecule has 2 N–H and O–H groups in total. The molecule has 1 atom stereocenters. The van der Waals surface area contributed by atoms with Gasteiger partial charge in [-0.05, 0) is 26.8 Å². The Morgan fingerprint density at radius 3 is 2.67 bits per heavy atom. The molecule has 0 fully saturated rings. The second kappa shape index (κ2) is 6.39. The van der Waals surface area contributed by atoms with Crippen LogP contribution in [0.15, 0.2) is 24.3 Å². The highest BCUT2D eigenvalue weighted by atomic mass is 16.5. The van der Waals surface area contributed by atoms with E-state index in [0.717, 1.165) is 5.56 Å². The molecule has 0 spiro atoms. The van der Waals surface area contributed by atoms with Gasteiger partial charge in [0.2, 0.25) is 0 Å². The number of hydrogen-bond acceptors (Lipinski definition) is 4. The van der Waals surface area contributed by atoms with Gasteiger partial charge in [0, 0.05) is 11.1 Å². The summed E-state index contributed by atoms with van der Waals surface area (Å²) in [6, 6.07) is 9.15. The Bertz CT molecular complexity index is 424. The molecule has 0 saturated heterocycles. The van der Waals surface area contributed by atoms with Crippen molar-refractivity contribution in [3.05, 3.63) is 29.8 Å². The number of ether oxygens (including phenoxy) is 1. The minimum Gasteiger partial charge on any atom is -0.493 e. The van der Waals surface area contributed by atoms with Crippen molar-refractivity contribution >= 4 is 0 Å². The second-order valence-electron chi connectivity index (χ2n) is 4.72. The van der Waals surface area contributed by atoms with Gasteiger partial charge in [0.15, 0.2) is 0 Å². The molecule has 1 aromatic carbocycles. The van der Waals surface area contributed by atoms with Crippen LogP contribution in [0.25, 0.3) is 0 Å². The van der Waals surface area contributed by atoms with Gasteiger partial charge in [0.25, 0.3) is 0 Å². The molecule has 0 radical (unpaired) electrons. The summed E-state index contributed by atoms with van der Waals surface area (Å²) < 4.78 is 5.51. The smallest absolute Gasteiger partial charge is 0.125 e. The molecule has 4 nitrogen and oxygen atoms in total. The molecule has 0 bridgehead atoms. The number of nitrogens with one attached hydrogen (secondary N) is 1. The van der Waals surface area contributed by atoms with Crippen LogP contribution in [0, 0.1) is 11.3 Å². The zero-order valence-electron chi connectivity index (χ0n) is 11.1. The number of nitrogens with zero attached hydrogens (tertiary/aromatic N) is 1. The van der Waals surface area contributed by atoms with E-state index >= 15 is 0 Å². The second-order valence-corrected chi connectivity index (χ2v) is 4.72. The van der Waals surface area contributed by atoms with Crippen LogP contribution in [0.1, 0.15) is 32.4 Å². The van der Waals surface area contributed by atoms with Gasteiger partial charge in [0.1, 0.15) is 11.8 Å². The highest BCUT2D eigenvalue weighted by Crippen LogP contribution is 2.26. The Morgan fingerprint density at radius 2 is 2.11 bits per heavy atom. The molecule has 18 heavy (non-hydrogen) atoms. The van der Waals surface area contributed by atoms with Crippen LogP contribution in [0.3, 0.4) is 0 Å². The van der Waals surface area contributed by atoms with Crippen molar-refractivity contribution in [2.45, 2.75) is 32.4 Å². The van der Waals surface area contributed by atoms with Crippen molar-refractivity contribution in [3.8, 4) is 11.8 Å². The lowest BCUT2D eigenvalue weighted by Gasteiger charge is -2.27. The number of rotatable bonds is 6. The summed E-state index contributed by atoms with van der Waals surface area (Å²) in [5.74, 6) is 0.702. The topological polar surface area (TPSA) is 65.3 Å². The molecule has 1 aromatic rings. The van der Waals surface area contributed by atoms with E-state index < -0.39 is 11.6 Å². The molecule has 1 unspecified atom stereocenters. The van der Waals surface area contributed by atoms with Crippen molar-refractivity contribution in [1.29, 1.82) is 5.26 Å². The third kappa shape index (κ3) is 3.73. The summed E-state index contributed by atoms with van der Waals surface area (Å²) in [5, 5.41) is 21.7. The highest BCUT2D eigenvalue weighted by Gasteiger charge is 2.24. The van der Waals surface area contributed by atoms with E-state index in [1.807, 2.05) is 45.0 Å². The number of benzene rings is 1. The van der Waals surface area contributed by atoms with E-state index in [1.54, 1.807) is 0 Å². The molecule has 0 heterocycles. The number of para-hydroxylation sites is 1. The van der Waals surface area contributed by atoms with Gasteiger partial charge in [-0.2, -0.15) is 5.26 Å². The Balaban J connectivity index is 2.99. The normalized spacial score (nSPS) is 12.8. The van der Waals surface area contributed by atoms with Gasteiger partial charge < -0.3 is 9.84 Å². The maximum absolute atomic E-state index is 9.28. The first-order valence-corrected chi connectivity index (χ1v) is 6.04. The van der Waals surface area contributed by atoms with Crippen LogP contribution in [0.2, 0.25) is 0 Å². The van der Waals surface area contributed by atoms with Gasteiger partial charge in [-0.3, -0.25) is 5.32 Å². The number of nitriles is 1. The van der Waals surface area contributed by atoms with Gasteiger partial charge >= 0.3 is 0 Å². The van der Waals surface area contributed by atoms with Gasteiger partial charge in [-0.25, -0.2) is 0 Å². The third-order valence-corrected chi connectivity index (χ3v) is 2.59. The lowest BCUT2D eigenvalue weighted by Crippen LogP contribution is -2.44. The van der Waals surface area contributed by atoms with Crippen molar-refractivity contribution < 1.29 is 9.84 Å². The molecule has 0 aromatic heterocycles. The first-order valence-electron chi connectivity index (χ1n) is 6.04. The van der Waals surface area contributed by atoms with Crippen LogP contribution >= 0.6 is 0 Å². The fraction of sp³-hybridized carbons (Fsp3) is 0.500. The van der Waals surface area contributed by atoms with Crippen LogP contribution in [0.5, 0.6) is 5.75 Å². The third-order valence-electron chi connectivity index (χ3n) is 2.59. The Morgan fingerprint density at radius 1 is 1.44 bits per heavy atom. The zero-order chi connectivity index (χ0) is 13.6. The van der Waals surface area contributed by atoms with E-state index in [1.165, 1.54) is 0 Å². The largest absolute Gasteiger partial charge is 0.493 e. The summed E-state index contributed by atoms with van der Waals surface area (Å²) in [6.45, 7) is 6.12. The number of aliphatic hydroxyl groups excluding tert-OH is 1. The van der Waals surface area contributed by atoms with E-state index in [9.17, 15) is 10.4 Å². The summed E-state index contributed by atoms with van der Waals surface area (Å²) in [6.07, 6.45) is 0. The molecular weight excluding hydrogens is 228 g/mol. The molecule has 4 heteroatoms. The fourth-order valence-corrected chi connectivity index (χ4v) is 1.62. The summed E-state index contributed by atoms with van der Waals surface area (Å²) in [7, 11) is 0. The van der Waals surface area contributed by atoms with Crippen LogP contribution < -0.4 is 10.1 Å². The minimum absolute atomic E-state index is 0.0397. The van der Waals surface area contributed by atoms with Crippen LogP contribution in [-0.2, 0) is 0 Å². The Labute approximate surface area is 108 Å². The van der Waals surface area contributed by atoms with E-state index in [-0.39, 0.29) is 6.61 Å². The van der Waals surface area contributed by atoms with E-state index in [4.69, 9.17) is 4.74 Å². The van der Waals surface area contributed by atoms with Crippen molar-refractivity contribution in [2.75, 3.05) is 13.2 Å². The summed E-state index contributed by atoms with van der Waals surface area (Å²) >= 11 is 0. The van der Waals surface area contributed by atoms with Gasteiger partial charge in [0.05, 0.1) is 19.3 Å².